The predicted octanol–water partition coefficient (Wildman–Crippen LogP) is 3.75. The Labute approximate surface area is 118 Å². The third-order valence-corrected chi connectivity index (χ3v) is 2.65. The van der Waals surface area contributed by atoms with Crippen LogP contribution in [0.4, 0.5) is 0 Å². The molecule has 0 rings (SSSR count). The summed E-state index contributed by atoms with van der Waals surface area (Å²) in [5.41, 5.74) is 2.07. The van der Waals surface area contributed by atoms with Crippen molar-refractivity contribution in [3.05, 3.63) is 24.3 Å². The fourth-order valence-electron chi connectivity index (χ4n) is 1.42. The summed E-state index contributed by atoms with van der Waals surface area (Å²) in [5, 5.41) is 0. The van der Waals surface area contributed by atoms with Crippen molar-refractivity contribution in [1.82, 2.24) is 0 Å². The third-order valence-electron chi connectivity index (χ3n) is 2.65. The summed E-state index contributed by atoms with van der Waals surface area (Å²) in [7, 11) is 0. The Morgan fingerprint density at radius 3 is 1.47 bits per heavy atom. The molecule has 0 aromatic rings. The van der Waals surface area contributed by atoms with E-state index in [4.69, 9.17) is 14.2 Å². The molecule has 0 aliphatic heterocycles. The Morgan fingerprint density at radius 1 is 0.842 bits per heavy atom. The van der Waals surface area contributed by atoms with Gasteiger partial charge in [0.15, 0.2) is 0 Å². The van der Waals surface area contributed by atoms with E-state index in [-0.39, 0.29) is 12.2 Å². The summed E-state index contributed by atoms with van der Waals surface area (Å²) in [6, 6.07) is 0. The van der Waals surface area contributed by atoms with E-state index in [9.17, 15) is 0 Å². The van der Waals surface area contributed by atoms with Crippen LogP contribution >= 0.6 is 0 Å². The van der Waals surface area contributed by atoms with Gasteiger partial charge in [-0.25, -0.2) is 0 Å². The van der Waals surface area contributed by atoms with Crippen molar-refractivity contribution in [2.75, 3.05) is 26.4 Å². The van der Waals surface area contributed by atoms with Crippen molar-refractivity contribution in [2.45, 2.75) is 52.7 Å². The molecular weight excluding hydrogens is 240 g/mol. The van der Waals surface area contributed by atoms with E-state index in [0.717, 1.165) is 24.0 Å². The molecule has 0 bridgehead atoms. The summed E-state index contributed by atoms with van der Waals surface area (Å²) < 4.78 is 17.1. The smallest absolute Gasteiger partial charge is 0.0810 e. The third kappa shape index (κ3) is 10.9. The predicted molar refractivity (Wildman–Crippen MR) is 80.5 cm³/mol. The van der Waals surface area contributed by atoms with Crippen molar-refractivity contribution >= 4 is 0 Å². The second-order valence-electron chi connectivity index (χ2n) is 5.13. The molecule has 0 N–H and O–H groups in total. The van der Waals surface area contributed by atoms with Crippen molar-refractivity contribution in [1.29, 1.82) is 0 Å². The van der Waals surface area contributed by atoms with Crippen molar-refractivity contribution in [3.8, 4) is 0 Å². The van der Waals surface area contributed by atoms with Gasteiger partial charge in [0.25, 0.3) is 0 Å². The summed E-state index contributed by atoms with van der Waals surface area (Å²) in [5.74, 6) is 0. The summed E-state index contributed by atoms with van der Waals surface area (Å²) >= 11 is 0. The topological polar surface area (TPSA) is 27.7 Å². The van der Waals surface area contributed by atoms with Gasteiger partial charge in [-0.05, 0) is 26.7 Å². The van der Waals surface area contributed by atoms with E-state index in [1.165, 1.54) is 0 Å². The Morgan fingerprint density at radius 2 is 1.21 bits per heavy atom. The highest BCUT2D eigenvalue weighted by Gasteiger charge is 2.10. The van der Waals surface area contributed by atoms with Crippen LogP contribution in [0.15, 0.2) is 24.3 Å². The molecule has 0 aromatic heterocycles. The highest BCUT2D eigenvalue weighted by molar-refractivity contribution is 4.88. The zero-order chi connectivity index (χ0) is 14.7. The average molecular weight is 270 g/mol. The van der Waals surface area contributed by atoms with Crippen LogP contribution in [-0.2, 0) is 14.2 Å². The molecule has 0 radical (unpaired) electrons. The first-order valence-corrected chi connectivity index (χ1v) is 7.09. The standard InChI is InChI=1S/C16H30O3/c1-7-15(18-9-13(3)4)11-17-12-16(8-2)19-10-14(5)6/h15-16H,3,5,7-12H2,1-2,4,6H3. The molecule has 0 aliphatic rings. The van der Waals surface area contributed by atoms with E-state index in [0.29, 0.717) is 26.4 Å². The van der Waals surface area contributed by atoms with Gasteiger partial charge in [0.2, 0.25) is 0 Å². The van der Waals surface area contributed by atoms with Gasteiger partial charge in [-0.3, -0.25) is 0 Å². The van der Waals surface area contributed by atoms with Crippen LogP contribution in [-0.4, -0.2) is 38.6 Å². The monoisotopic (exact) mass is 270 g/mol. The highest BCUT2D eigenvalue weighted by Crippen LogP contribution is 2.05. The Bertz CT molecular complexity index is 235. The van der Waals surface area contributed by atoms with Gasteiger partial charge in [-0.15, -0.1) is 0 Å². The van der Waals surface area contributed by atoms with Crippen LogP contribution in [0.1, 0.15) is 40.5 Å². The van der Waals surface area contributed by atoms with Crippen molar-refractivity contribution < 1.29 is 14.2 Å². The van der Waals surface area contributed by atoms with E-state index >= 15 is 0 Å². The minimum Gasteiger partial charge on any atom is -0.376 e. The van der Waals surface area contributed by atoms with Crippen molar-refractivity contribution in [2.24, 2.45) is 0 Å². The summed E-state index contributed by atoms with van der Waals surface area (Å²) in [6.07, 6.45) is 2.15. The van der Waals surface area contributed by atoms with Gasteiger partial charge in [0.1, 0.15) is 0 Å². The molecule has 0 aliphatic carbocycles. The van der Waals surface area contributed by atoms with Gasteiger partial charge in [0.05, 0.1) is 38.6 Å². The molecule has 2 unspecified atom stereocenters. The maximum absolute atomic E-state index is 5.69. The molecule has 0 saturated heterocycles. The van der Waals surface area contributed by atoms with Crippen LogP contribution in [0.25, 0.3) is 0 Å². The summed E-state index contributed by atoms with van der Waals surface area (Å²) in [4.78, 5) is 0. The minimum atomic E-state index is 0.135. The molecule has 0 fully saturated rings. The van der Waals surface area contributed by atoms with Crippen molar-refractivity contribution in [3.63, 3.8) is 0 Å². The zero-order valence-electron chi connectivity index (χ0n) is 13.0. The fourth-order valence-corrected chi connectivity index (χ4v) is 1.42. The summed E-state index contributed by atoms with van der Waals surface area (Å²) in [6.45, 7) is 18.2. The van der Waals surface area contributed by atoms with Crippen LogP contribution < -0.4 is 0 Å². The molecule has 0 heterocycles. The number of rotatable bonds is 12. The molecular formula is C16H30O3. The first kappa shape index (κ1) is 18.4. The van der Waals surface area contributed by atoms with Gasteiger partial charge in [0, 0.05) is 0 Å². The quantitative estimate of drug-likeness (QED) is 0.506. The van der Waals surface area contributed by atoms with E-state index in [1.807, 2.05) is 13.8 Å². The normalized spacial score (nSPS) is 14.1. The Hall–Kier alpha value is -0.640. The first-order chi connectivity index (χ1) is 8.99. The van der Waals surface area contributed by atoms with E-state index in [2.05, 4.69) is 27.0 Å². The molecule has 2 atom stereocenters. The maximum Gasteiger partial charge on any atom is 0.0810 e. The lowest BCUT2D eigenvalue weighted by atomic mass is 10.2. The van der Waals surface area contributed by atoms with Crippen LogP contribution in [0, 0.1) is 0 Å². The molecule has 0 amide bonds. The molecule has 112 valence electrons. The Kier molecular flexibility index (Phi) is 10.8. The zero-order valence-corrected chi connectivity index (χ0v) is 13.0. The molecule has 0 spiro atoms. The largest absolute Gasteiger partial charge is 0.376 e. The fraction of sp³-hybridized carbons (Fsp3) is 0.750. The molecule has 0 saturated carbocycles. The number of ether oxygens (including phenoxy) is 3. The molecule has 19 heavy (non-hydrogen) atoms. The maximum atomic E-state index is 5.69. The van der Waals surface area contributed by atoms with E-state index in [1.54, 1.807) is 0 Å². The second kappa shape index (κ2) is 11.2. The van der Waals surface area contributed by atoms with Gasteiger partial charge >= 0.3 is 0 Å². The molecule has 3 heteroatoms. The Balaban J connectivity index is 3.82. The van der Waals surface area contributed by atoms with Gasteiger partial charge < -0.3 is 14.2 Å². The number of hydrogen-bond donors (Lipinski definition) is 0. The highest BCUT2D eigenvalue weighted by atomic mass is 16.6. The van der Waals surface area contributed by atoms with Gasteiger partial charge in [-0.1, -0.05) is 38.2 Å². The minimum absolute atomic E-state index is 0.135. The van der Waals surface area contributed by atoms with Gasteiger partial charge in [-0.2, -0.15) is 0 Å². The molecule has 3 nitrogen and oxygen atoms in total. The molecule has 0 aromatic carbocycles. The van der Waals surface area contributed by atoms with Crippen LogP contribution in [0.3, 0.4) is 0 Å². The van der Waals surface area contributed by atoms with Crippen LogP contribution in [0.5, 0.6) is 0 Å². The lowest BCUT2D eigenvalue weighted by molar-refractivity contribution is -0.0510. The SMILES string of the molecule is C=C(C)COC(CC)COCC(CC)OCC(=C)C. The van der Waals surface area contributed by atoms with Crippen LogP contribution in [0.2, 0.25) is 0 Å². The lowest BCUT2D eigenvalue weighted by Crippen LogP contribution is -2.25. The lowest BCUT2D eigenvalue weighted by Gasteiger charge is -2.20. The number of hydrogen-bond acceptors (Lipinski definition) is 3. The average Bonchev–Trinajstić information content (AvgIpc) is 2.36. The first-order valence-electron chi connectivity index (χ1n) is 7.09. The van der Waals surface area contributed by atoms with E-state index < -0.39 is 0 Å². The second-order valence-corrected chi connectivity index (χ2v) is 5.13.